The van der Waals surface area contributed by atoms with E-state index < -0.39 is 0 Å². The van der Waals surface area contributed by atoms with Crippen LogP contribution in [0.2, 0.25) is 0 Å². The van der Waals surface area contributed by atoms with Gasteiger partial charge in [0.25, 0.3) is 0 Å². The fourth-order valence-corrected chi connectivity index (χ4v) is 3.31. The number of ether oxygens (including phenoxy) is 1. The summed E-state index contributed by atoms with van der Waals surface area (Å²) < 4.78 is 5.14. The van der Waals surface area contributed by atoms with E-state index in [1.165, 1.54) is 108 Å². The Hall–Kier alpha value is -0.180. The Labute approximate surface area is 155 Å². The van der Waals surface area contributed by atoms with E-state index in [0.717, 1.165) is 6.42 Å². The normalized spacial score (nSPS) is 10.9. The summed E-state index contributed by atoms with van der Waals surface area (Å²) in [7, 11) is 0. The molecule has 0 amide bonds. The fourth-order valence-electron chi connectivity index (χ4n) is 3.00. The first-order valence-electron chi connectivity index (χ1n) is 10.5. The molecule has 0 fully saturated rings. The highest BCUT2D eigenvalue weighted by Gasteiger charge is 2.00. The number of hydrogen-bond donors (Lipinski definition) is 0. The minimum atomic E-state index is -0.0662. The van der Waals surface area contributed by atoms with E-state index >= 15 is 0 Å². The monoisotopic (exact) mass is 358 g/mol. The second kappa shape index (κ2) is 20.9. The van der Waals surface area contributed by atoms with E-state index in [2.05, 4.69) is 6.92 Å². The largest absolute Gasteiger partial charge is 0.465 e. The molecule has 0 aromatic carbocycles. The Balaban J connectivity index is 3.01. The van der Waals surface area contributed by atoms with Crippen molar-refractivity contribution in [1.82, 2.24) is 0 Å². The van der Waals surface area contributed by atoms with Gasteiger partial charge in [0.05, 0.1) is 12.4 Å². The number of unbranched alkanes of at least 4 members (excludes halogenated alkanes) is 15. The van der Waals surface area contributed by atoms with E-state index in [4.69, 9.17) is 4.74 Å². The molecule has 0 aliphatic rings. The average Bonchev–Trinajstić information content (AvgIpc) is 2.58. The molecule has 0 bridgehead atoms. The number of rotatable bonds is 19. The highest BCUT2D eigenvalue weighted by molar-refractivity contribution is 7.99. The van der Waals surface area contributed by atoms with Gasteiger partial charge in [-0.25, -0.2) is 0 Å². The molecule has 0 aromatic heterocycles. The van der Waals surface area contributed by atoms with Crippen LogP contribution >= 0.6 is 11.8 Å². The highest BCUT2D eigenvalue weighted by Crippen LogP contribution is 2.13. The Morgan fingerprint density at radius 3 is 1.42 bits per heavy atom. The van der Waals surface area contributed by atoms with E-state index in [-0.39, 0.29) is 5.97 Å². The zero-order chi connectivity index (χ0) is 17.7. The smallest absolute Gasteiger partial charge is 0.315 e. The minimum Gasteiger partial charge on any atom is -0.465 e. The molecule has 3 heteroatoms. The topological polar surface area (TPSA) is 26.3 Å². The summed E-state index contributed by atoms with van der Waals surface area (Å²) in [6.07, 6.45) is 23.9. The summed E-state index contributed by atoms with van der Waals surface area (Å²) in [5.74, 6) is 0.419. The van der Waals surface area contributed by atoms with Crippen LogP contribution in [0.15, 0.2) is 0 Å². The lowest BCUT2D eigenvalue weighted by atomic mass is 10.0. The molecule has 0 aliphatic heterocycles. The van der Waals surface area contributed by atoms with Crippen molar-refractivity contribution in [2.75, 3.05) is 18.6 Å². The average molecular weight is 359 g/mol. The number of carbonyl (C=O) groups is 1. The molecule has 0 saturated heterocycles. The maximum absolute atomic E-state index is 11.2. The third kappa shape index (κ3) is 19.9. The lowest BCUT2D eigenvalue weighted by Gasteiger charge is -2.04. The van der Waals surface area contributed by atoms with Crippen molar-refractivity contribution >= 4 is 17.7 Å². The van der Waals surface area contributed by atoms with Gasteiger partial charge in [-0.1, -0.05) is 103 Å². The van der Waals surface area contributed by atoms with Crippen LogP contribution in [0, 0.1) is 0 Å². The third-order valence-electron chi connectivity index (χ3n) is 4.52. The Morgan fingerprint density at radius 2 is 1.04 bits per heavy atom. The molecule has 144 valence electrons. The van der Waals surface area contributed by atoms with Crippen molar-refractivity contribution < 1.29 is 9.53 Å². The van der Waals surface area contributed by atoms with Gasteiger partial charge >= 0.3 is 5.97 Å². The number of carbonyl (C=O) groups excluding carboxylic acids is 1. The number of thioether (sulfide) groups is 1. The van der Waals surface area contributed by atoms with Crippen LogP contribution < -0.4 is 0 Å². The molecule has 0 atom stereocenters. The maximum atomic E-state index is 11.2. The molecule has 0 aliphatic carbocycles. The van der Waals surface area contributed by atoms with E-state index in [1.807, 2.05) is 6.26 Å². The van der Waals surface area contributed by atoms with Crippen LogP contribution in [-0.2, 0) is 9.53 Å². The van der Waals surface area contributed by atoms with Crippen LogP contribution in [0.4, 0.5) is 0 Å². The first-order chi connectivity index (χ1) is 11.8. The van der Waals surface area contributed by atoms with Crippen molar-refractivity contribution in [3.8, 4) is 0 Å². The van der Waals surface area contributed by atoms with Gasteiger partial charge in [-0.05, 0) is 12.7 Å². The molecule has 0 rings (SSSR count). The summed E-state index contributed by atoms with van der Waals surface area (Å²) in [5, 5.41) is 0. The summed E-state index contributed by atoms with van der Waals surface area (Å²) in [6, 6.07) is 0. The van der Waals surface area contributed by atoms with Gasteiger partial charge in [0.15, 0.2) is 0 Å². The number of esters is 1. The Bertz CT molecular complexity index is 256. The van der Waals surface area contributed by atoms with Gasteiger partial charge in [-0.2, -0.15) is 11.8 Å². The highest BCUT2D eigenvalue weighted by atomic mass is 32.2. The molecule has 0 spiro atoms. The molecular formula is C21H42O2S. The predicted molar refractivity (Wildman–Crippen MR) is 109 cm³/mol. The molecule has 0 saturated carbocycles. The van der Waals surface area contributed by atoms with Gasteiger partial charge in [-0.3, -0.25) is 4.79 Å². The van der Waals surface area contributed by atoms with Gasteiger partial charge in [0.2, 0.25) is 0 Å². The fraction of sp³-hybridized carbons (Fsp3) is 0.952. The maximum Gasteiger partial charge on any atom is 0.315 e. The standard InChI is InChI=1S/C21H42O2S/c1-3-4-5-6-7-8-9-10-11-12-13-14-15-16-17-18-19-23-21(22)20-24-2/h3-20H2,1-2H3. The molecule has 0 aromatic rings. The van der Waals surface area contributed by atoms with E-state index in [1.54, 1.807) is 0 Å². The zero-order valence-corrected chi connectivity index (χ0v) is 17.3. The third-order valence-corrected chi connectivity index (χ3v) is 5.05. The summed E-state index contributed by atoms with van der Waals surface area (Å²) in [6.45, 7) is 2.89. The molecular weight excluding hydrogens is 316 g/mol. The van der Waals surface area contributed by atoms with Crippen LogP contribution in [0.1, 0.15) is 110 Å². The van der Waals surface area contributed by atoms with Crippen molar-refractivity contribution in [1.29, 1.82) is 0 Å². The van der Waals surface area contributed by atoms with Gasteiger partial charge in [0.1, 0.15) is 0 Å². The van der Waals surface area contributed by atoms with Crippen molar-refractivity contribution in [3.05, 3.63) is 0 Å². The molecule has 0 radical (unpaired) electrons. The molecule has 2 nitrogen and oxygen atoms in total. The minimum absolute atomic E-state index is 0.0662. The van der Waals surface area contributed by atoms with Crippen LogP contribution in [0.25, 0.3) is 0 Å². The van der Waals surface area contributed by atoms with Crippen LogP contribution in [0.5, 0.6) is 0 Å². The lowest BCUT2D eigenvalue weighted by molar-refractivity contribution is -0.140. The summed E-state index contributed by atoms with van der Waals surface area (Å²) in [5.41, 5.74) is 0. The SMILES string of the molecule is CCCCCCCCCCCCCCCCCCOC(=O)CSC. The molecule has 0 unspecified atom stereocenters. The molecule has 0 N–H and O–H groups in total. The summed E-state index contributed by atoms with van der Waals surface area (Å²) >= 11 is 1.52. The van der Waals surface area contributed by atoms with E-state index in [0.29, 0.717) is 12.4 Å². The Morgan fingerprint density at radius 1 is 0.667 bits per heavy atom. The molecule has 0 heterocycles. The number of hydrogen-bond acceptors (Lipinski definition) is 3. The first kappa shape index (κ1) is 23.8. The first-order valence-corrected chi connectivity index (χ1v) is 11.8. The predicted octanol–water partition coefficient (Wildman–Crippen LogP) is 7.15. The second-order valence-electron chi connectivity index (χ2n) is 6.96. The van der Waals surface area contributed by atoms with Crippen molar-refractivity contribution in [3.63, 3.8) is 0 Å². The van der Waals surface area contributed by atoms with Crippen molar-refractivity contribution in [2.24, 2.45) is 0 Å². The van der Waals surface area contributed by atoms with Crippen LogP contribution in [0.3, 0.4) is 0 Å². The van der Waals surface area contributed by atoms with Crippen molar-refractivity contribution in [2.45, 2.75) is 110 Å². The van der Waals surface area contributed by atoms with E-state index in [9.17, 15) is 4.79 Å². The lowest BCUT2D eigenvalue weighted by Crippen LogP contribution is -2.07. The summed E-state index contributed by atoms with van der Waals surface area (Å²) in [4.78, 5) is 11.2. The van der Waals surface area contributed by atoms with Gasteiger partial charge in [-0.15, -0.1) is 0 Å². The second-order valence-corrected chi connectivity index (χ2v) is 7.82. The Kier molecular flexibility index (Phi) is 20.7. The van der Waals surface area contributed by atoms with Crippen LogP contribution in [-0.4, -0.2) is 24.6 Å². The van der Waals surface area contributed by atoms with Gasteiger partial charge in [0, 0.05) is 0 Å². The zero-order valence-electron chi connectivity index (χ0n) is 16.5. The quantitative estimate of drug-likeness (QED) is 0.181. The van der Waals surface area contributed by atoms with Gasteiger partial charge < -0.3 is 4.74 Å². The molecule has 24 heavy (non-hydrogen) atoms.